The third kappa shape index (κ3) is 6.02. The summed E-state index contributed by atoms with van der Waals surface area (Å²) in [5, 5.41) is 2.88. The minimum Gasteiger partial charge on any atom is -0.479 e. The second-order valence-corrected chi connectivity index (χ2v) is 6.17. The van der Waals surface area contributed by atoms with Crippen LogP contribution in [0.25, 0.3) is 0 Å². The second-order valence-electron chi connectivity index (χ2n) is 6.17. The maximum Gasteiger partial charge on any atom is 0.261 e. The maximum absolute atomic E-state index is 11.9. The molecule has 0 aliphatic heterocycles. The summed E-state index contributed by atoms with van der Waals surface area (Å²) in [5.41, 5.74) is 6.36. The molecule has 1 rings (SSSR count). The van der Waals surface area contributed by atoms with Crippen molar-refractivity contribution in [1.29, 1.82) is 0 Å². The molecule has 1 amide bonds. The Labute approximate surface area is 120 Å². The van der Waals surface area contributed by atoms with Crippen molar-refractivity contribution in [3.63, 3.8) is 0 Å². The van der Waals surface area contributed by atoms with Crippen LogP contribution >= 0.6 is 0 Å². The molecule has 0 saturated carbocycles. The van der Waals surface area contributed by atoms with Gasteiger partial charge >= 0.3 is 0 Å². The molecule has 112 valence electrons. The first-order valence-electron chi connectivity index (χ1n) is 6.86. The fraction of sp³-hybridized carbons (Fsp3) is 0.600. The van der Waals surface area contributed by atoms with E-state index >= 15 is 0 Å². The monoisotopic (exact) mass is 279 g/mol. The van der Waals surface area contributed by atoms with Gasteiger partial charge in [-0.15, -0.1) is 0 Å². The van der Waals surface area contributed by atoms with Gasteiger partial charge < -0.3 is 15.8 Å². The van der Waals surface area contributed by atoms with Crippen molar-refractivity contribution in [2.75, 3.05) is 0 Å². The highest BCUT2D eigenvalue weighted by Gasteiger charge is 2.20. The predicted octanol–water partition coefficient (Wildman–Crippen LogP) is 1.65. The summed E-state index contributed by atoms with van der Waals surface area (Å²) in [6, 6.07) is 3.75. The van der Waals surface area contributed by atoms with Gasteiger partial charge in [-0.25, -0.2) is 0 Å². The Bertz CT molecular complexity index is 435. The molecule has 0 saturated heterocycles. The van der Waals surface area contributed by atoms with E-state index < -0.39 is 6.10 Å². The lowest BCUT2D eigenvalue weighted by atomic mass is 10.1. The summed E-state index contributed by atoms with van der Waals surface area (Å²) in [5.74, 6) is 0.437. The number of nitrogens with two attached hydrogens (primary N) is 1. The molecule has 0 aliphatic rings. The quantitative estimate of drug-likeness (QED) is 0.859. The van der Waals surface area contributed by atoms with Crippen LogP contribution in [-0.2, 0) is 11.2 Å². The van der Waals surface area contributed by atoms with E-state index in [1.54, 1.807) is 13.1 Å². The first-order valence-corrected chi connectivity index (χ1v) is 6.86. The number of nitrogens with one attached hydrogen (secondary N) is 1. The lowest BCUT2D eigenvalue weighted by Gasteiger charge is -2.23. The summed E-state index contributed by atoms with van der Waals surface area (Å²) < 4.78 is 5.58. The van der Waals surface area contributed by atoms with Crippen molar-refractivity contribution in [2.45, 2.75) is 58.7 Å². The van der Waals surface area contributed by atoms with Gasteiger partial charge in [0.05, 0.1) is 6.20 Å². The number of carbonyl (C=O) groups excluding carboxylic acids is 1. The van der Waals surface area contributed by atoms with Crippen molar-refractivity contribution >= 4 is 5.91 Å². The molecular formula is C15H25N3O2. The summed E-state index contributed by atoms with van der Waals surface area (Å²) in [6.07, 6.45) is 1.79. The molecule has 0 fully saturated rings. The minimum atomic E-state index is -0.560. The molecule has 0 radical (unpaired) electrons. The zero-order valence-electron chi connectivity index (χ0n) is 12.9. The van der Waals surface area contributed by atoms with Crippen LogP contribution in [0.5, 0.6) is 5.75 Å². The van der Waals surface area contributed by atoms with Gasteiger partial charge in [0.2, 0.25) is 0 Å². The summed E-state index contributed by atoms with van der Waals surface area (Å²) in [6.45, 7) is 9.45. The number of carbonyl (C=O) groups is 1. The van der Waals surface area contributed by atoms with Gasteiger partial charge in [-0.1, -0.05) is 0 Å². The van der Waals surface area contributed by atoms with Crippen LogP contribution < -0.4 is 15.8 Å². The number of aromatic nitrogens is 1. The van der Waals surface area contributed by atoms with Crippen molar-refractivity contribution in [1.82, 2.24) is 10.3 Å². The van der Waals surface area contributed by atoms with Crippen molar-refractivity contribution < 1.29 is 9.53 Å². The largest absolute Gasteiger partial charge is 0.479 e. The summed E-state index contributed by atoms with van der Waals surface area (Å²) >= 11 is 0. The molecule has 0 bridgehead atoms. The lowest BCUT2D eigenvalue weighted by Crippen LogP contribution is -2.46. The molecule has 1 aromatic rings. The topological polar surface area (TPSA) is 77.2 Å². The molecule has 20 heavy (non-hydrogen) atoms. The molecule has 1 heterocycles. The number of hydrogen-bond donors (Lipinski definition) is 2. The second kappa shape index (κ2) is 6.70. The molecule has 2 atom stereocenters. The number of rotatable bonds is 5. The molecule has 1 aromatic heterocycles. The van der Waals surface area contributed by atoms with Crippen LogP contribution in [0.4, 0.5) is 0 Å². The normalized spacial score (nSPS) is 14.5. The zero-order valence-corrected chi connectivity index (χ0v) is 12.9. The number of hydrogen-bond acceptors (Lipinski definition) is 4. The van der Waals surface area contributed by atoms with Gasteiger partial charge in [0.1, 0.15) is 5.75 Å². The highest BCUT2D eigenvalue weighted by atomic mass is 16.5. The van der Waals surface area contributed by atoms with Crippen LogP contribution in [0.2, 0.25) is 0 Å². The summed E-state index contributed by atoms with van der Waals surface area (Å²) in [7, 11) is 0. The van der Waals surface area contributed by atoms with Gasteiger partial charge in [-0.3, -0.25) is 9.78 Å². The highest BCUT2D eigenvalue weighted by molar-refractivity contribution is 5.81. The van der Waals surface area contributed by atoms with E-state index in [9.17, 15) is 4.79 Å². The highest BCUT2D eigenvalue weighted by Crippen LogP contribution is 2.12. The Hall–Kier alpha value is -1.62. The molecule has 2 unspecified atom stereocenters. The SMILES string of the molecule is CC(N)Cc1ccc(OC(C)C(=O)NC(C)(C)C)cn1. The Kier molecular flexibility index (Phi) is 5.51. The molecule has 5 heteroatoms. The Morgan fingerprint density at radius 2 is 2.05 bits per heavy atom. The fourth-order valence-corrected chi connectivity index (χ4v) is 1.66. The lowest BCUT2D eigenvalue weighted by molar-refractivity contribution is -0.128. The van der Waals surface area contributed by atoms with Crippen LogP contribution in [0.15, 0.2) is 18.3 Å². The van der Waals surface area contributed by atoms with E-state index in [1.165, 1.54) is 0 Å². The van der Waals surface area contributed by atoms with E-state index in [1.807, 2.05) is 39.8 Å². The first-order chi connectivity index (χ1) is 9.17. The Morgan fingerprint density at radius 3 is 2.50 bits per heavy atom. The number of nitrogens with zero attached hydrogens (tertiary/aromatic N) is 1. The van der Waals surface area contributed by atoms with Gasteiger partial charge in [-0.2, -0.15) is 0 Å². The zero-order chi connectivity index (χ0) is 15.3. The molecule has 0 aliphatic carbocycles. The van der Waals surface area contributed by atoms with Crippen LogP contribution in [0.3, 0.4) is 0 Å². The molecular weight excluding hydrogens is 254 g/mol. The summed E-state index contributed by atoms with van der Waals surface area (Å²) in [4.78, 5) is 16.2. The van der Waals surface area contributed by atoms with Gasteiger partial charge in [0, 0.05) is 23.7 Å². The third-order valence-electron chi connectivity index (χ3n) is 2.51. The molecule has 3 N–H and O–H groups in total. The Morgan fingerprint density at radius 1 is 1.40 bits per heavy atom. The molecule has 0 aromatic carbocycles. The first kappa shape index (κ1) is 16.4. The number of pyridine rings is 1. The van der Waals surface area contributed by atoms with E-state index in [0.29, 0.717) is 5.75 Å². The van der Waals surface area contributed by atoms with E-state index in [0.717, 1.165) is 12.1 Å². The smallest absolute Gasteiger partial charge is 0.261 e. The van der Waals surface area contributed by atoms with Crippen LogP contribution in [0.1, 0.15) is 40.3 Å². The van der Waals surface area contributed by atoms with Gasteiger partial charge in [0.25, 0.3) is 5.91 Å². The molecule has 0 spiro atoms. The van der Waals surface area contributed by atoms with E-state index in [4.69, 9.17) is 10.5 Å². The van der Waals surface area contributed by atoms with E-state index in [2.05, 4.69) is 10.3 Å². The van der Waals surface area contributed by atoms with Crippen LogP contribution in [-0.4, -0.2) is 28.6 Å². The maximum atomic E-state index is 11.9. The number of amides is 1. The average Bonchev–Trinajstić information content (AvgIpc) is 2.28. The van der Waals surface area contributed by atoms with Gasteiger partial charge in [-0.05, 0) is 46.8 Å². The van der Waals surface area contributed by atoms with Crippen molar-refractivity contribution in [2.24, 2.45) is 5.73 Å². The standard InChI is InChI=1S/C15H25N3O2/c1-10(16)8-12-6-7-13(9-17-12)20-11(2)14(19)18-15(3,4)5/h6-7,9-11H,8,16H2,1-5H3,(H,18,19). The van der Waals surface area contributed by atoms with E-state index in [-0.39, 0.29) is 17.5 Å². The molecule has 5 nitrogen and oxygen atoms in total. The predicted molar refractivity (Wildman–Crippen MR) is 79.6 cm³/mol. The number of ether oxygens (including phenoxy) is 1. The van der Waals surface area contributed by atoms with Crippen LogP contribution in [0, 0.1) is 0 Å². The fourth-order valence-electron chi connectivity index (χ4n) is 1.66. The van der Waals surface area contributed by atoms with Crippen molar-refractivity contribution in [3.05, 3.63) is 24.0 Å². The minimum absolute atomic E-state index is 0.0748. The van der Waals surface area contributed by atoms with Crippen molar-refractivity contribution in [3.8, 4) is 5.75 Å². The average molecular weight is 279 g/mol. The third-order valence-corrected chi connectivity index (χ3v) is 2.51. The van der Waals surface area contributed by atoms with Gasteiger partial charge in [0.15, 0.2) is 6.10 Å². The Balaban J connectivity index is 2.58.